The highest BCUT2D eigenvalue weighted by atomic mass is 16.6. The molecule has 32 heavy (non-hydrogen) atoms. The standard InChI is InChI=1S/C22H25N3O7/c1-29-16-9-8-15(18(10-16)30-2)11-25-17(13-31-21(23)27)19(20(25)26)24-22(28)32-12-14-6-4-3-5-7-14/h3-10,17,19H,11-13H2,1-2H3,(H2,23,27)(H,24,28)/t17-,19+/m1/s1. The van der Waals surface area contributed by atoms with Gasteiger partial charge in [0, 0.05) is 18.2 Å². The van der Waals surface area contributed by atoms with Crippen molar-refractivity contribution < 1.29 is 33.3 Å². The molecular weight excluding hydrogens is 418 g/mol. The maximum absolute atomic E-state index is 12.8. The van der Waals surface area contributed by atoms with Crippen molar-refractivity contribution in [2.24, 2.45) is 5.73 Å². The largest absolute Gasteiger partial charge is 0.497 e. The van der Waals surface area contributed by atoms with Crippen LogP contribution in [-0.4, -0.2) is 55.9 Å². The first-order chi connectivity index (χ1) is 15.4. The van der Waals surface area contributed by atoms with Crippen molar-refractivity contribution in [2.45, 2.75) is 25.2 Å². The highest BCUT2D eigenvalue weighted by Gasteiger charge is 2.49. The summed E-state index contributed by atoms with van der Waals surface area (Å²) in [6.45, 7) is 0.0575. The van der Waals surface area contributed by atoms with Gasteiger partial charge in [-0.15, -0.1) is 0 Å². The number of likely N-dealkylation sites (tertiary alicyclic amines) is 1. The van der Waals surface area contributed by atoms with E-state index in [1.54, 1.807) is 18.2 Å². The van der Waals surface area contributed by atoms with Crippen LogP contribution in [-0.2, 0) is 27.4 Å². The van der Waals surface area contributed by atoms with E-state index in [1.165, 1.54) is 19.1 Å². The third kappa shape index (κ3) is 5.39. The van der Waals surface area contributed by atoms with E-state index in [0.717, 1.165) is 11.1 Å². The SMILES string of the molecule is COc1ccc(CN2C(=O)[C@@H](NC(=O)OCc3ccccc3)[C@H]2COC(N)=O)c(OC)c1. The first-order valence-electron chi connectivity index (χ1n) is 9.83. The van der Waals surface area contributed by atoms with Crippen molar-refractivity contribution in [3.63, 3.8) is 0 Å². The van der Waals surface area contributed by atoms with Crippen molar-refractivity contribution in [1.82, 2.24) is 10.2 Å². The topological polar surface area (TPSA) is 129 Å². The number of hydrogen-bond acceptors (Lipinski definition) is 7. The third-order valence-electron chi connectivity index (χ3n) is 5.05. The van der Waals surface area contributed by atoms with E-state index in [4.69, 9.17) is 24.7 Å². The van der Waals surface area contributed by atoms with Crippen LogP contribution in [0.5, 0.6) is 11.5 Å². The van der Waals surface area contributed by atoms with Crippen LogP contribution in [0.4, 0.5) is 9.59 Å². The Kier molecular flexibility index (Phi) is 7.37. The zero-order chi connectivity index (χ0) is 23.1. The van der Waals surface area contributed by atoms with Gasteiger partial charge in [-0.05, 0) is 17.7 Å². The predicted molar refractivity (Wildman–Crippen MR) is 113 cm³/mol. The fourth-order valence-corrected chi connectivity index (χ4v) is 3.37. The van der Waals surface area contributed by atoms with Crippen molar-refractivity contribution in [2.75, 3.05) is 20.8 Å². The minimum atomic E-state index is -0.975. The highest BCUT2D eigenvalue weighted by molar-refractivity contribution is 5.92. The van der Waals surface area contributed by atoms with Gasteiger partial charge >= 0.3 is 12.2 Å². The minimum absolute atomic E-state index is 0.0583. The smallest absolute Gasteiger partial charge is 0.408 e. The normalized spacial score (nSPS) is 17.2. The lowest BCUT2D eigenvalue weighted by Gasteiger charge is -2.46. The number of ether oxygens (including phenoxy) is 4. The van der Waals surface area contributed by atoms with Crippen LogP contribution in [0.3, 0.4) is 0 Å². The summed E-state index contributed by atoms with van der Waals surface area (Å²) in [5, 5.41) is 2.54. The van der Waals surface area contributed by atoms with Gasteiger partial charge in [-0.25, -0.2) is 9.59 Å². The molecule has 0 aromatic heterocycles. The first-order valence-corrected chi connectivity index (χ1v) is 9.83. The average molecular weight is 443 g/mol. The Balaban J connectivity index is 1.66. The number of amides is 3. The summed E-state index contributed by atoms with van der Waals surface area (Å²) in [7, 11) is 3.05. The van der Waals surface area contributed by atoms with Crippen molar-refractivity contribution >= 4 is 18.1 Å². The Morgan fingerprint density at radius 3 is 2.47 bits per heavy atom. The van der Waals surface area contributed by atoms with Gasteiger partial charge in [-0.2, -0.15) is 0 Å². The van der Waals surface area contributed by atoms with Gasteiger partial charge in [0.15, 0.2) is 0 Å². The molecular formula is C22H25N3O7. The summed E-state index contributed by atoms with van der Waals surface area (Å²) < 4.78 is 20.6. The van der Waals surface area contributed by atoms with E-state index in [-0.39, 0.29) is 25.7 Å². The molecule has 1 saturated heterocycles. The number of nitrogens with zero attached hydrogens (tertiary/aromatic N) is 1. The summed E-state index contributed by atoms with van der Waals surface area (Å²) in [6.07, 6.45) is -1.73. The molecule has 0 spiro atoms. The number of carbonyl (C=O) groups excluding carboxylic acids is 3. The second kappa shape index (κ2) is 10.4. The molecule has 0 unspecified atom stereocenters. The van der Waals surface area contributed by atoms with Gasteiger partial charge in [0.2, 0.25) is 5.91 Å². The molecule has 1 heterocycles. The molecule has 0 aliphatic carbocycles. The molecule has 0 radical (unpaired) electrons. The van der Waals surface area contributed by atoms with Gasteiger partial charge in [0.05, 0.1) is 20.3 Å². The van der Waals surface area contributed by atoms with Gasteiger partial charge in [-0.3, -0.25) is 4.79 Å². The van der Waals surface area contributed by atoms with Crippen molar-refractivity contribution in [3.05, 3.63) is 59.7 Å². The van der Waals surface area contributed by atoms with E-state index in [1.807, 2.05) is 30.3 Å². The summed E-state index contributed by atoms with van der Waals surface area (Å²) in [4.78, 5) is 37.6. The van der Waals surface area contributed by atoms with Crippen LogP contribution >= 0.6 is 0 Å². The van der Waals surface area contributed by atoms with E-state index in [2.05, 4.69) is 5.32 Å². The number of β-lactam (4-membered cyclic amide) rings is 1. The quantitative estimate of drug-likeness (QED) is 0.565. The van der Waals surface area contributed by atoms with Crippen LogP contribution in [0.25, 0.3) is 0 Å². The monoisotopic (exact) mass is 443 g/mol. The zero-order valence-corrected chi connectivity index (χ0v) is 17.8. The van der Waals surface area contributed by atoms with Crippen LogP contribution in [0, 0.1) is 0 Å². The van der Waals surface area contributed by atoms with Crippen LogP contribution < -0.4 is 20.5 Å². The van der Waals surface area contributed by atoms with Crippen molar-refractivity contribution in [3.8, 4) is 11.5 Å². The second-order valence-corrected chi connectivity index (χ2v) is 7.03. The molecule has 3 amide bonds. The second-order valence-electron chi connectivity index (χ2n) is 7.03. The maximum atomic E-state index is 12.8. The Labute approximate surface area is 185 Å². The molecule has 1 aliphatic rings. The molecule has 2 aromatic rings. The number of nitrogens with one attached hydrogen (secondary N) is 1. The Morgan fingerprint density at radius 1 is 1.06 bits per heavy atom. The highest BCUT2D eigenvalue weighted by Crippen LogP contribution is 2.30. The number of methoxy groups -OCH3 is 2. The lowest BCUT2D eigenvalue weighted by Crippen LogP contribution is -2.71. The van der Waals surface area contributed by atoms with E-state index in [9.17, 15) is 14.4 Å². The van der Waals surface area contributed by atoms with E-state index < -0.39 is 24.3 Å². The molecule has 2 atom stereocenters. The van der Waals surface area contributed by atoms with Gasteiger partial charge in [-0.1, -0.05) is 30.3 Å². The number of nitrogens with two attached hydrogens (primary N) is 1. The fourth-order valence-electron chi connectivity index (χ4n) is 3.37. The lowest BCUT2D eigenvalue weighted by atomic mass is 9.94. The van der Waals surface area contributed by atoms with E-state index in [0.29, 0.717) is 11.5 Å². The molecule has 3 rings (SSSR count). The summed E-state index contributed by atoms with van der Waals surface area (Å²) in [6, 6.07) is 12.8. The van der Waals surface area contributed by atoms with Gasteiger partial charge < -0.3 is 34.9 Å². The number of carbonyl (C=O) groups is 3. The third-order valence-corrected chi connectivity index (χ3v) is 5.05. The zero-order valence-electron chi connectivity index (χ0n) is 17.8. The average Bonchev–Trinajstić information content (AvgIpc) is 2.81. The number of benzene rings is 2. The van der Waals surface area contributed by atoms with Crippen LogP contribution in [0.2, 0.25) is 0 Å². The Hall–Kier alpha value is -3.95. The molecule has 10 heteroatoms. The molecule has 1 aliphatic heterocycles. The molecule has 170 valence electrons. The summed E-state index contributed by atoms with van der Waals surface area (Å²) in [5.41, 5.74) is 6.61. The van der Waals surface area contributed by atoms with E-state index >= 15 is 0 Å². The predicted octanol–water partition coefficient (Wildman–Crippen LogP) is 1.80. The Morgan fingerprint density at radius 2 is 1.81 bits per heavy atom. The van der Waals surface area contributed by atoms with Crippen LogP contribution in [0.15, 0.2) is 48.5 Å². The maximum Gasteiger partial charge on any atom is 0.408 e. The lowest BCUT2D eigenvalue weighted by molar-refractivity contribution is -0.154. The van der Waals surface area contributed by atoms with Crippen molar-refractivity contribution in [1.29, 1.82) is 0 Å². The molecule has 10 nitrogen and oxygen atoms in total. The summed E-state index contributed by atoms with van der Waals surface area (Å²) >= 11 is 0. The molecule has 0 saturated carbocycles. The first kappa shape index (κ1) is 22.7. The number of hydrogen-bond donors (Lipinski definition) is 2. The Bertz CT molecular complexity index is 967. The molecule has 0 bridgehead atoms. The number of rotatable bonds is 9. The number of primary amides is 1. The van der Waals surface area contributed by atoms with Gasteiger partial charge in [0.1, 0.15) is 30.8 Å². The molecule has 3 N–H and O–H groups in total. The molecule has 2 aromatic carbocycles. The number of alkyl carbamates (subject to hydrolysis) is 1. The molecule has 1 fully saturated rings. The summed E-state index contributed by atoms with van der Waals surface area (Å²) in [5.74, 6) is 0.790. The van der Waals surface area contributed by atoms with Crippen LogP contribution in [0.1, 0.15) is 11.1 Å². The fraction of sp³-hybridized carbons (Fsp3) is 0.318. The van der Waals surface area contributed by atoms with Gasteiger partial charge in [0.25, 0.3) is 0 Å². The minimum Gasteiger partial charge on any atom is -0.497 e.